The van der Waals surface area contributed by atoms with Gasteiger partial charge >= 0.3 is 5.97 Å². The van der Waals surface area contributed by atoms with E-state index in [1.165, 1.54) is 19.4 Å². The number of hydrogen-bond donors (Lipinski definition) is 0. The summed E-state index contributed by atoms with van der Waals surface area (Å²) in [6, 6.07) is 8.44. The van der Waals surface area contributed by atoms with Crippen molar-refractivity contribution >= 4 is 16.9 Å². The molecule has 0 aliphatic heterocycles. The van der Waals surface area contributed by atoms with Crippen molar-refractivity contribution in [3.63, 3.8) is 0 Å². The van der Waals surface area contributed by atoms with Crippen molar-refractivity contribution in [2.45, 2.75) is 6.92 Å². The first-order chi connectivity index (χ1) is 10.1. The first-order valence-electron chi connectivity index (χ1n) is 6.31. The predicted molar refractivity (Wildman–Crippen MR) is 76.3 cm³/mol. The molecule has 5 heteroatoms. The maximum Gasteiger partial charge on any atom is 0.341 e. The molecule has 0 saturated carbocycles. The zero-order chi connectivity index (χ0) is 15.0. The number of furan rings is 1. The molecule has 0 aliphatic carbocycles. The molecule has 3 rings (SSSR count). The Bertz CT molecular complexity index is 885. The van der Waals surface area contributed by atoms with E-state index >= 15 is 0 Å². The maximum absolute atomic E-state index is 12.5. The van der Waals surface area contributed by atoms with E-state index in [0.717, 1.165) is 0 Å². The maximum atomic E-state index is 12.5. The molecule has 0 spiro atoms. The molecule has 0 unspecified atom stereocenters. The first kappa shape index (κ1) is 13.2. The third-order valence-corrected chi connectivity index (χ3v) is 3.27. The average Bonchev–Trinajstić information content (AvgIpc) is 2.89. The van der Waals surface area contributed by atoms with Gasteiger partial charge in [-0.05, 0) is 25.1 Å². The third kappa shape index (κ3) is 2.12. The third-order valence-electron chi connectivity index (χ3n) is 3.27. The highest BCUT2D eigenvalue weighted by Crippen LogP contribution is 2.25. The summed E-state index contributed by atoms with van der Waals surface area (Å²) >= 11 is 0. The van der Waals surface area contributed by atoms with Crippen molar-refractivity contribution in [2.24, 2.45) is 0 Å². The fourth-order valence-corrected chi connectivity index (χ4v) is 2.18. The van der Waals surface area contributed by atoms with E-state index in [1.54, 1.807) is 31.2 Å². The number of ether oxygens (including phenoxy) is 1. The van der Waals surface area contributed by atoms with E-state index in [4.69, 9.17) is 8.83 Å². The lowest BCUT2D eigenvalue weighted by atomic mass is 10.1. The van der Waals surface area contributed by atoms with Crippen molar-refractivity contribution in [2.75, 3.05) is 7.11 Å². The number of fused-ring (bicyclic) bond motifs is 1. The van der Waals surface area contributed by atoms with Crippen LogP contribution in [-0.2, 0) is 4.74 Å². The molecule has 5 nitrogen and oxygen atoms in total. The first-order valence-corrected chi connectivity index (χ1v) is 6.31. The van der Waals surface area contributed by atoms with Gasteiger partial charge in [-0.15, -0.1) is 0 Å². The number of methoxy groups -OCH3 is 1. The molecular weight excluding hydrogens is 272 g/mol. The van der Waals surface area contributed by atoms with Gasteiger partial charge in [0.2, 0.25) is 5.43 Å². The molecule has 21 heavy (non-hydrogen) atoms. The largest absolute Gasteiger partial charge is 0.465 e. The van der Waals surface area contributed by atoms with Crippen LogP contribution in [-0.4, -0.2) is 13.1 Å². The summed E-state index contributed by atoms with van der Waals surface area (Å²) in [5.74, 6) is 0.171. The van der Waals surface area contributed by atoms with Crippen LogP contribution in [0.25, 0.3) is 22.3 Å². The van der Waals surface area contributed by atoms with Gasteiger partial charge < -0.3 is 13.6 Å². The number of carbonyl (C=O) groups is 1. The zero-order valence-corrected chi connectivity index (χ0v) is 11.5. The molecule has 0 fully saturated rings. The van der Waals surface area contributed by atoms with Crippen LogP contribution in [0.15, 0.2) is 50.2 Å². The van der Waals surface area contributed by atoms with Gasteiger partial charge in [-0.1, -0.05) is 12.1 Å². The minimum Gasteiger partial charge on any atom is -0.465 e. The molecule has 0 amide bonds. The summed E-state index contributed by atoms with van der Waals surface area (Å²) in [6.07, 6.45) is 1.34. The Morgan fingerprint density at radius 1 is 1.24 bits per heavy atom. The van der Waals surface area contributed by atoms with Crippen molar-refractivity contribution in [1.82, 2.24) is 0 Å². The Morgan fingerprint density at radius 2 is 2.00 bits per heavy atom. The Labute approximate surface area is 119 Å². The number of carbonyl (C=O) groups excluding carboxylic acids is 1. The fourth-order valence-electron chi connectivity index (χ4n) is 2.18. The number of hydrogen-bond acceptors (Lipinski definition) is 5. The zero-order valence-electron chi connectivity index (χ0n) is 11.5. The van der Waals surface area contributed by atoms with Crippen LogP contribution in [0.1, 0.15) is 16.1 Å². The van der Waals surface area contributed by atoms with Crippen molar-refractivity contribution < 1.29 is 18.4 Å². The highest BCUT2D eigenvalue weighted by molar-refractivity contribution is 5.92. The topological polar surface area (TPSA) is 69.7 Å². The van der Waals surface area contributed by atoms with Crippen LogP contribution in [0.5, 0.6) is 0 Å². The number of rotatable bonds is 2. The van der Waals surface area contributed by atoms with Gasteiger partial charge in [0.1, 0.15) is 34.5 Å². The molecule has 0 bridgehead atoms. The smallest absolute Gasteiger partial charge is 0.341 e. The second-order valence-electron chi connectivity index (χ2n) is 4.55. The highest BCUT2D eigenvalue weighted by Gasteiger charge is 2.19. The SMILES string of the molecule is COC(=O)c1cc(-c2coc3ccccc3c2=O)oc1C. The van der Waals surface area contributed by atoms with Crippen LogP contribution >= 0.6 is 0 Å². The summed E-state index contributed by atoms with van der Waals surface area (Å²) in [7, 11) is 1.29. The van der Waals surface area contributed by atoms with Crippen LogP contribution in [0.4, 0.5) is 0 Å². The molecule has 0 saturated heterocycles. The van der Waals surface area contributed by atoms with Crippen LogP contribution in [0, 0.1) is 6.92 Å². The van der Waals surface area contributed by atoms with E-state index in [-0.39, 0.29) is 16.8 Å². The average molecular weight is 284 g/mol. The van der Waals surface area contributed by atoms with Crippen molar-refractivity contribution in [1.29, 1.82) is 0 Å². The number of benzene rings is 1. The summed E-state index contributed by atoms with van der Waals surface area (Å²) in [5.41, 5.74) is 0.858. The van der Waals surface area contributed by atoms with Gasteiger partial charge in [-0.25, -0.2) is 4.79 Å². The molecule has 0 radical (unpaired) electrons. The quantitative estimate of drug-likeness (QED) is 0.676. The number of para-hydroxylation sites is 1. The molecule has 106 valence electrons. The standard InChI is InChI=1S/C16H12O5/c1-9-11(16(18)19-2)7-14(21-9)12-8-20-13-6-4-3-5-10(13)15(12)17/h3-8H,1-2H3. The highest BCUT2D eigenvalue weighted by atomic mass is 16.5. The lowest BCUT2D eigenvalue weighted by molar-refractivity contribution is 0.0599. The second kappa shape index (κ2) is 4.94. The Balaban J connectivity index is 2.19. The van der Waals surface area contributed by atoms with Crippen molar-refractivity contribution in [3.8, 4) is 11.3 Å². The lowest BCUT2D eigenvalue weighted by Crippen LogP contribution is -2.04. The van der Waals surface area contributed by atoms with Crippen LogP contribution < -0.4 is 5.43 Å². The molecule has 0 N–H and O–H groups in total. The summed E-state index contributed by atoms with van der Waals surface area (Å²) in [4.78, 5) is 24.0. The van der Waals surface area contributed by atoms with E-state index in [9.17, 15) is 9.59 Å². The monoisotopic (exact) mass is 284 g/mol. The normalized spacial score (nSPS) is 10.8. The van der Waals surface area contributed by atoms with E-state index in [1.807, 2.05) is 0 Å². The van der Waals surface area contributed by atoms with E-state index < -0.39 is 5.97 Å². The number of esters is 1. The minimum absolute atomic E-state index is 0.206. The van der Waals surface area contributed by atoms with Crippen LogP contribution in [0.3, 0.4) is 0 Å². The molecule has 3 aromatic rings. The van der Waals surface area contributed by atoms with Gasteiger partial charge in [0.25, 0.3) is 0 Å². The molecule has 0 aliphatic rings. The predicted octanol–water partition coefficient (Wildman–Crippen LogP) is 3.15. The second-order valence-corrected chi connectivity index (χ2v) is 4.55. The Kier molecular flexibility index (Phi) is 3.10. The summed E-state index contributed by atoms with van der Waals surface area (Å²) < 4.78 is 15.6. The van der Waals surface area contributed by atoms with Gasteiger partial charge in [0.05, 0.1) is 12.5 Å². The Hall–Kier alpha value is -2.82. The molecule has 2 heterocycles. The van der Waals surface area contributed by atoms with Crippen LogP contribution in [0.2, 0.25) is 0 Å². The van der Waals surface area contributed by atoms with Gasteiger partial charge in [-0.2, -0.15) is 0 Å². The lowest BCUT2D eigenvalue weighted by Gasteiger charge is -1.99. The summed E-state index contributed by atoms with van der Waals surface area (Å²) in [6.45, 7) is 1.64. The van der Waals surface area contributed by atoms with Crippen molar-refractivity contribution in [3.05, 3.63) is 58.1 Å². The number of aryl methyl sites for hydroxylation is 1. The molecule has 1 aromatic carbocycles. The molecule has 2 aromatic heterocycles. The van der Waals surface area contributed by atoms with E-state index in [0.29, 0.717) is 22.3 Å². The van der Waals surface area contributed by atoms with Gasteiger partial charge in [0.15, 0.2) is 0 Å². The fraction of sp³-hybridized carbons (Fsp3) is 0.125. The molecule has 0 atom stereocenters. The Morgan fingerprint density at radius 3 is 2.76 bits per heavy atom. The van der Waals surface area contributed by atoms with E-state index in [2.05, 4.69) is 4.74 Å². The minimum atomic E-state index is -0.507. The molecular formula is C16H12O5. The van der Waals surface area contributed by atoms with Gasteiger partial charge in [0, 0.05) is 0 Å². The van der Waals surface area contributed by atoms with Gasteiger partial charge in [-0.3, -0.25) is 4.79 Å². The summed E-state index contributed by atoms with van der Waals surface area (Å²) in [5, 5.41) is 0.462.